The van der Waals surface area contributed by atoms with E-state index in [0.29, 0.717) is 0 Å². The summed E-state index contributed by atoms with van der Waals surface area (Å²) in [6.45, 7) is 6.46. The third-order valence-electron chi connectivity index (χ3n) is 7.97. The van der Waals surface area contributed by atoms with Crippen LogP contribution in [0.1, 0.15) is 16.7 Å². The fourth-order valence-corrected chi connectivity index (χ4v) is 5.23. The summed E-state index contributed by atoms with van der Waals surface area (Å²) in [5, 5.41) is 0. The largest absolute Gasteiger partial charge is 0.329 e. The second-order valence-electron chi connectivity index (χ2n) is 10.9. The van der Waals surface area contributed by atoms with Gasteiger partial charge >= 0.3 is 0 Å². The first-order valence-corrected chi connectivity index (χ1v) is 14.4. The molecule has 0 N–H and O–H groups in total. The van der Waals surface area contributed by atoms with Crippen molar-refractivity contribution in [1.82, 2.24) is 4.98 Å². The number of rotatable bonds is 7. The maximum Gasteiger partial charge on any atom is 0.132 e. The van der Waals surface area contributed by atoms with Crippen LogP contribution >= 0.6 is 0 Å². The summed E-state index contributed by atoms with van der Waals surface area (Å²) in [5.41, 5.74) is 13.1. The highest BCUT2D eigenvalue weighted by Gasteiger charge is 2.14. The molecule has 3 nitrogen and oxygen atoms in total. The molecule has 0 bridgehead atoms. The summed E-state index contributed by atoms with van der Waals surface area (Å²) < 4.78 is 0. The average Bonchev–Trinajstić information content (AvgIpc) is 3.04. The van der Waals surface area contributed by atoms with Gasteiger partial charge in [0, 0.05) is 36.0 Å². The Morgan fingerprint density at radius 3 is 1.40 bits per heavy atom. The minimum absolute atomic E-state index is 0.924. The van der Waals surface area contributed by atoms with Crippen LogP contribution in [0.2, 0.25) is 0 Å². The highest BCUT2D eigenvalue weighted by atomic mass is 15.2. The maximum absolute atomic E-state index is 4.47. The Bertz CT molecular complexity index is 1770. The smallest absolute Gasteiger partial charge is 0.132 e. The molecule has 0 atom stereocenters. The zero-order valence-corrected chi connectivity index (χ0v) is 24.6. The minimum Gasteiger partial charge on any atom is -0.329 e. The number of nitrogens with zero attached hydrogens (tertiary/aromatic N) is 3. The lowest BCUT2D eigenvalue weighted by atomic mass is 10.0. The van der Waals surface area contributed by atoms with Crippen LogP contribution in [0, 0.1) is 20.8 Å². The van der Waals surface area contributed by atoms with Gasteiger partial charge in [-0.05, 0) is 115 Å². The molecule has 6 rings (SSSR count). The molecule has 3 heteroatoms. The number of anilines is 5. The summed E-state index contributed by atoms with van der Waals surface area (Å²) in [6.07, 6.45) is 1.82. The lowest BCUT2D eigenvalue weighted by Crippen LogP contribution is -2.10. The van der Waals surface area contributed by atoms with Gasteiger partial charge in [-0.15, -0.1) is 0 Å². The number of hydrogen-bond acceptors (Lipinski definition) is 3. The van der Waals surface area contributed by atoms with E-state index in [2.05, 4.69) is 151 Å². The van der Waals surface area contributed by atoms with Crippen LogP contribution in [0.25, 0.3) is 22.3 Å². The number of hydrogen-bond donors (Lipinski definition) is 0. The minimum atomic E-state index is 0.924. The molecular formula is C39H35N3. The van der Waals surface area contributed by atoms with Crippen LogP contribution < -0.4 is 9.80 Å². The van der Waals surface area contributed by atoms with Crippen LogP contribution in [0.15, 0.2) is 140 Å². The van der Waals surface area contributed by atoms with Crippen LogP contribution in [0.3, 0.4) is 0 Å². The van der Waals surface area contributed by atoms with Crippen LogP contribution in [-0.2, 0) is 0 Å². The first-order chi connectivity index (χ1) is 20.5. The molecule has 0 saturated heterocycles. The zero-order valence-electron chi connectivity index (χ0n) is 24.6. The van der Waals surface area contributed by atoms with E-state index in [4.69, 9.17) is 0 Å². The van der Waals surface area contributed by atoms with E-state index in [1.165, 1.54) is 38.9 Å². The van der Waals surface area contributed by atoms with Gasteiger partial charge < -0.3 is 9.80 Å². The van der Waals surface area contributed by atoms with E-state index in [1.54, 1.807) is 0 Å². The van der Waals surface area contributed by atoms with Gasteiger partial charge in [0.05, 0.1) is 0 Å². The lowest BCUT2D eigenvalue weighted by molar-refractivity contribution is 1.13. The average molecular weight is 546 g/mol. The van der Waals surface area contributed by atoms with Gasteiger partial charge in [0.25, 0.3) is 0 Å². The molecule has 0 spiro atoms. The highest BCUT2D eigenvalue weighted by Crippen LogP contribution is 2.37. The fraction of sp³-hybridized carbons (Fsp3) is 0.103. The summed E-state index contributed by atoms with van der Waals surface area (Å²) in [7, 11) is 2.04. The topological polar surface area (TPSA) is 19.4 Å². The molecule has 0 unspecified atom stereocenters. The number of pyridine rings is 1. The predicted molar refractivity (Wildman–Crippen MR) is 179 cm³/mol. The molecule has 0 aliphatic rings. The van der Waals surface area contributed by atoms with Gasteiger partial charge in [0.15, 0.2) is 0 Å². The third kappa shape index (κ3) is 5.68. The van der Waals surface area contributed by atoms with Crippen molar-refractivity contribution in [3.63, 3.8) is 0 Å². The van der Waals surface area contributed by atoms with Gasteiger partial charge in [-0.2, -0.15) is 0 Å². The van der Waals surface area contributed by atoms with Gasteiger partial charge in [-0.3, -0.25) is 0 Å². The van der Waals surface area contributed by atoms with E-state index in [-0.39, 0.29) is 0 Å². The van der Waals surface area contributed by atoms with Crippen molar-refractivity contribution in [2.75, 3.05) is 16.8 Å². The van der Waals surface area contributed by atoms with E-state index in [1.807, 2.05) is 31.4 Å². The Hall–Kier alpha value is -5.15. The summed E-state index contributed by atoms with van der Waals surface area (Å²) in [6, 6.07) is 47.7. The lowest BCUT2D eigenvalue weighted by Gasteiger charge is -2.26. The molecule has 0 radical (unpaired) electrons. The first kappa shape index (κ1) is 27.0. The van der Waals surface area contributed by atoms with E-state index in [0.717, 1.165) is 28.6 Å². The van der Waals surface area contributed by atoms with Crippen molar-refractivity contribution in [3.05, 3.63) is 156 Å². The molecule has 1 heterocycles. The van der Waals surface area contributed by atoms with Gasteiger partial charge in [-0.25, -0.2) is 4.98 Å². The van der Waals surface area contributed by atoms with Crippen molar-refractivity contribution in [2.45, 2.75) is 20.8 Å². The van der Waals surface area contributed by atoms with Crippen molar-refractivity contribution < 1.29 is 0 Å². The van der Waals surface area contributed by atoms with Gasteiger partial charge in [-0.1, -0.05) is 78.4 Å². The van der Waals surface area contributed by atoms with Crippen molar-refractivity contribution in [2.24, 2.45) is 0 Å². The maximum atomic E-state index is 4.47. The fourth-order valence-electron chi connectivity index (χ4n) is 5.23. The Labute approximate surface area is 249 Å². The Morgan fingerprint density at radius 1 is 0.452 bits per heavy atom. The predicted octanol–water partition coefficient (Wildman–Crippen LogP) is 10.6. The van der Waals surface area contributed by atoms with Crippen LogP contribution in [0.4, 0.5) is 28.6 Å². The first-order valence-electron chi connectivity index (χ1n) is 14.4. The Balaban J connectivity index is 1.30. The molecule has 42 heavy (non-hydrogen) atoms. The van der Waals surface area contributed by atoms with Gasteiger partial charge in [0.1, 0.15) is 5.82 Å². The second kappa shape index (κ2) is 11.8. The molecule has 0 saturated carbocycles. The number of aromatic nitrogens is 1. The summed E-state index contributed by atoms with van der Waals surface area (Å²) >= 11 is 0. The SMILES string of the molecule is Cc1ccc(-c2ccc(N(c3ccc(-c4ccc(N(C)c5ccccn5)cc4)cc3)c3ccc(C)c(C)c3)cc2)cc1. The van der Waals surface area contributed by atoms with E-state index >= 15 is 0 Å². The molecular weight excluding hydrogens is 510 g/mol. The van der Waals surface area contributed by atoms with Crippen molar-refractivity contribution in [3.8, 4) is 22.3 Å². The quantitative estimate of drug-likeness (QED) is 0.199. The normalized spacial score (nSPS) is 10.9. The van der Waals surface area contributed by atoms with E-state index in [9.17, 15) is 0 Å². The molecule has 5 aromatic carbocycles. The second-order valence-corrected chi connectivity index (χ2v) is 10.9. The molecule has 0 fully saturated rings. The molecule has 0 amide bonds. The summed E-state index contributed by atoms with van der Waals surface area (Å²) in [5.74, 6) is 0.924. The molecule has 0 aliphatic heterocycles. The van der Waals surface area contributed by atoms with Gasteiger partial charge in [0.2, 0.25) is 0 Å². The molecule has 0 aliphatic carbocycles. The Kier molecular flexibility index (Phi) is 7.57. The molecule has 6 aromatic rings. The van der Waals surface area contributed by atoms with Crippen molar-refractivity contribution in [1.29, 1.82) is 0 Å². The third-order valence-corrected chi connectivity index (χ3v) is 7.97. The van der Waals surface area contributed by atoms with Crippen LogP contribution in [0.5, 0.6) is 0 Å². The standard InChI is InChI=1S/C39H35N3/c1-28-8-11-31(12-9-28)33-15-22-36(23-16-33)42(38-19-10-29(2)30(3)27-38)37-24-17-34(18-25-37)32-13-20-35(21-14-32)41(4)39-7-5-6-26-40-39/h5-27H,1-4H3. The van der Waals surface area contributed by atoms with Crippen molar-refractivity contribution >= 4 is 28.6 Å². The Morgan fingerprint density at radius 2 is 0.929 bits per heavy atom. The summed E-state index contributed by atoms with van der Waals surface area (Å²) in [4.78, 5) is 8.90. The number of aryl methyl sites for hydroxylation is 3. The van der Waals surface area contributed by atoms with E-state index < -0.39 is 0 Å². The number of benzene rings is 5. The molecule has 206 valence electrons. The highest BCUT2D eigenvalue weighted by molar-refractivity contribution is 5.80. The monoisotopic (exact) mass is 545 g/mol. The van der Waals surface area contributed by atoms with Crippen LogP contribution in [-0.4, -0.2) is 12.0 Å². The molecule has 1 aromatic heterocycles. The zero-order chi connectivity index (χ0) is 29.1.